The van der Waals surface area contributed by atoms with E-state index in [-0.39, 0.29) is 18.4 Å². The first-order valence-electron chi connectivity index (χ1n) is 9.10. The lowest BCUT2D eigenvalue weighted by Crippen LogP contribution is -2.42. The molecule has 2 amide bonds. The molecule has 2 aromatic heterocycles. The van der Waals surface area contributed by atoms with Gasteiger partial charge in [0.15, 0.2) is 5.13 Å². The Morgan fingerprint density at radius 1 is 1.11 bits per heavy atom. The summed E-state index contributed by atoms with van der Waals surface area (Å²) >= 11 is 1.44. The second kappa shape index (κ2) is 10.1. The second-order valence-corrected chi connectivity index (χ2v) is 7.40. The molecule has 8 heteroatoms. The number of carbonyl (C=O) groups is 2. The molecule has 0 bridgehead atoms. The Hall–Kier alpha value is -2.32. The molecule has 0 atom stereocenters. The van der Waals surface area contributed by atoms with Gasteiger partial charge in [-0.2, -0.15) is 0 Å². The van der Waals surface area contributed by atoms with Crippen molar-refractivity contribution in [2.75, 3.05) is 38.0 Å². The SMILES string of the molecule is CCN(CC)CCN(CC(=O)Nc1nc(C)c(C)s1)C(=O)c1ccncc1. The zero-order valence-corrected chi connectivity index (χ0v) is 17.2. The zero-order valence-electron chi connectivity index (χ0n) is 16.4. The lowest BCUT2D eigenvalue weighted by molar-refractivity contribution is -0.116. The average Bonchev–Trinajstić information content (AvgIpc) is 2.98. The Morgan fingerprint density at radius 3 is 2.33 bits per heavy atom. The summed E-state index contributed by atoms with van der Waals surface area (Å²) in [7, 11) is 0. The molecule has 2 aromatic rings. The predicted molar refractivity (Wildman–Crippen MR) is 108 cm³/mol. The van der Waals surface area contributed by atoms with Gasteiger partial charge < -0.3 is 15.1 Å². The molecule has 0 aromatic carbocycles. The molecule has 0 fully saturated rings. The van der Waals surface area contributed by atoms with E-state index in [1.165, 1.54) is 11.3 Å². The lowest BCUT2D eigenvalue weighted by atomic mass is 10.2. The number of likely N-dealkylation sites (N-methyl/N-ethyl adjacent to an activating group) is 1. The van der Waals surface area contributed by atoms with Crippen LogP contribution in [0.2, 0.25) is 0 Å². The highest BCUT2D eigenvalue weighted by Gasteiger charge is 2.20. The van der Waals surface area contributed by atoms with Gasteiger partial charge in [0.2, 0.25) is 5.91 Å². The minimum absolute atomic E-state index is 0.0138. The fourth-order valence-electron chi connectivity index (χ4n) is 2.59. The van der Waals surface area contributed by atoms with Crippen LogP contribution < -0.4 is 5.32 Å². The number of pyridine rings is 1. The van der Waals surface area contributed by atoms with Crippen molar-refractivity contribution in [1.82, 2.24) is 19.8 Å². The van der Waals surface area contributed by atoms with Crippen LogP contribution in [0.3, 0.4) is 0 Å². The van der Waals surface area contributed by atoms with Crippen LogP contribution in [0.15, 0.2) is 24.5 Å². The predicted octanol–water partition coefficient (Wildman–Crippen LogP) is 2.58. The van der Waals surface area contributed by atoms with Gasteiger partial charge in [-0.15, -0.1) is 11.3 Å². The standard InChI is InChI=1S/C19H27N5O2S/c1-5-23(6-2)11-12-24(18(26)16-7-9-20-10-8-16)13-17(25)22-19-21-14(3)15(4)27-19/h7-10H,5-6,11-13H2,1-4H3,(H,21,22,25). The average molecular weight is 390 g/mol. The molecular weight excluding hydrogens is 362 g/mol. The normalized spacial score (nSPS) is 10.9. The van der Waals surface area contributed by atoms with Crippen molar-refractivity contribution in [2.24, 2.45) is 0 Å². The Morgan fingerprint density at radius 2 is 1.78 bits per heavy atom. The summed E-state index contributed by atoms with van der Waals surface area (Å²) in [6.07, 6.45) is 3.16. The van der Waals surface area contributed by atoms with Gasteiger partial charge in [0.1, 0.15) is 6.54 Å². The Kier molecular flexibility index (Phi) is 7.87. The van der Waals surface area contributed by atoms with Gasteiger partial charge in [-0.3, -0.25) is 14.6 Å². The van der Waals surface area contributed by atoms with E-state index in [1.807, 2.05) is 13.8 Å². The van der Waals surface area contributed by atoms with Gasteiger partial charge in [-0.25, -0.2) is 4.98 Å². The number of nitrogens with zero attached hydrogens (tertiary/aromatic N) is 4. The van der Waals surface area contributed by atoms with Crippen molar-refractivity contribution in [3.05, 3.63) is 40.7 Å². The second-order valence-electron chi connectivity index (χ2n) is 6.20. The van der Waals surface area contributed by atoms with E-state index < -0.39 is 0 Å². The van der Waals surface area contributed by atoms with Crippen LogP contribution >= 0.6 is 11.3 Å². The van der Waals surface area contributed by atoms with E-state index in [4.69, 9.17) is 0 Å². The number of nitrogens with one attached hydrogen (secondary N) is 1. The number of aryl methyl sites for hydroxylation is 2. The molecule has 0 aliphatic rings. The lowest BCUT2D eigenvalue weighted by Gasteiger charge is -2.26. The Labute approximate surface area is 164 Å². The third-order valence-electron chi connectivity index (χ3n) is 4.40. The van der Waals surface area contributed by atoms with E-state index in [2.05, 4.69) is 34.0 Å². The van der Waals surface area contributed by atoms with Crippen molar-refractivity contribution in [3.8, 4) is 0 Å². The largest absolute Gasteiger partial charge is 0.328 e. The van der Waals surface area contributed by atoms with Gasteiger partial charge >= 0.3 is 0 Å². The molecule has 1 N–H and O–H groups in total. The van der Waals surface area contributed by atoms with Crippen molar-refractivity contribution >= 4 is 28.3 Å². The number of hydrogen-bond acceptors (Lipinski definition) is 6. The minimum atomic E-state index is -0.245. The summed E-state index contributed by atoms with van der Waals surface area (Å²) in [5.74, 6) is -0.420. The third kappa shape index (κ3) is 6.11. The van der Waals surface area contributed by atoms with Crippen LogP contribution in [0.25, 0.3) is 0 Å². The van der Waals surface area contributed by atoms with Crippen molar-refractivity contribution in [1.29, 1.82) is 0 Å². The molecule has 146 valence electrons. The van der Waals surface area contributed by atoms with Gasteiger partial charge in [0, 0.05) is 35.9 Å². The Bertz CT molecular complexity index is 739. The first-order chi connectivity index (χ1) is 12.9. The molecule has 7 nitrogen and oxygen atoms in total. The highest BCUT2D eigenvalue weighted by atomic mass is 32.1. The van der Waals surface area contributed by atoms with Crippen LogP contribution in [-0.4, -0.2) is 64.3 Å². The van der Waals surface area contributed by atoms with Gasteiger partial charge in [0.25, 0.3) is 5.91 Å². The number of amides is 2. The van der Waals surface area contributed by atoms with Crippen LogP contribution in [0.4, 0.5) is 5.13 Å². The summed E-state index contributed by atoms with van der Waals surface area (Å²) in [5, 5.41) is 3.37. The maximum Gasteiger partial charge on any atom is 0.254 e. The molecule has 0 aliphatic heterocycles. The summed E-state index contributed by atoms with van der Waals surface area (Å²) in [6.45, 7) is 11.0. The van der Waals surface area contributed by atoms with E-state index in [1.54, 1.807) is 29.4 Å². The maximum absolute atomic E-state index is 12.9. The number of anilines is 1. The number of hydrogen-bond donors (Lipinski definition) is 1. The molecule has 27 heavy (non-hydrogen) atoms. The van der Waals surface area contributed by atoms with Gasteiger partial charge in [0.05, 0.1) is 5.69 Å². The van der Waals surface area contributed by atoms with Crippen molar-refractivity contribution < 1.29 is 9.59 Å². The molecular formula is C19H27N5O2S. The zero-order chi connectivity index (χ0) is 19.8. The van der Waals surface area contributed by atoms with E-state index >= 15 is 0 Å². The first kappa shape index (κ1) is 21.0. The van der Waals surface area contributed by atoms with Crippen molar-refractivity contribution in [2.45, 2.75) is 27.7 Å². The number of rotatable bonds is 9. The minimum Gasteiger partial charge on any atom is -0.328 e. The van der Waals surface area contributed by atoms with E-state index in [0.29, 0.717) is 23.8 Å². The topological polar surface area (TPSA) is 78.4 Å². The molecule has 0 aliphatic carbocycles. The number of aromatic nitrogens is 2. The molecule has 0 saturated heterocycles. The smallest absolute Gasteiger partial charge is 0.254 e. The van der Waals surface area contributed by atoms with E-state index in [9.17, 15) is 9.59 Å². The molecule has 2 heterocycles. The fourth-order valence-corrected chi connectivity index (χ4v) is 3.42. The maximum atomic E-state index is 12.9. The quantitative estimate of drug-likeness (QED) is 0.713. The highest BCUT2D eigenvalue weighted by molar-refractivity contribution is 7.15. The molecule has 0 spiro atoms. The molecule has 0 radical (unpaired) electrons. The monoisotopic (exact) mass is 389 g/mol. The number of carbonyl (C=O) groups excluding carboxylic acids is 2. The van der Waals surface area contributed by atoms with E-state index in [0.717, 1.165) is 23.7 Å². The summed E-state index contributed by atoms with van der Waals surface area (Å²) < 4.78 is 0. The first-order valence-corrected chi connectivity index (χ1v) is 9.91. The van der Waals surface area contributed by atoms with Crippen LogP contribution in [0.5, 0.6) is 0 Å². The third-order valence-corrected chi connectivity index (χ3v) is 5.39. The fraction of sp³-hybridized carbons (Fsp3) is 0.474. The molecule has 0 saturated carbocycles. The van der Waals surface area contributed by atoms with Crippen LogP contribution in [0, 0.1) is 13.8 Å². The summed E-state index contributed by atoms with van der Waals surface area (Å²) in [5.41, 5.74) is 1.43. The van der Waals surface area contributed by atoms with Crippen LogP contribution in [0.1, 0.15) is 34.8 Å². The van der Waals surface area contributed by atoms with Crippen molar-refractivity contribution in [3.63, 3.8) is 0 Å². The Balaban J connectivity index is 2.08. The van der Waals surface area contributed by atoms with Gasteiger partial charge in [-0.1, -0.05) is 13.8 Å². The molecule has 0 unspecified atom stereocenters. The number of thiazole rings is 1. The van der Waals surface area contributed by atoms with Crippen LogP contribution in [-0.2, 0) is 4.79 Å². The molecule has 2 rings (SSSR count). The summed E-state index contributed by atoms with van der Waals surface area (Å²) in [4.78, 5) is 38.5. The highest BCUT2D eigenvalue weighted by Crippen LogP contribution is 2.21. The van der Waals surface area contributed by atoms with Gasteiger partial charge in [-0.05, 0) is 39.1 Å². The summed E-state index contributed by atoms with van der Waals surface area (Å²) in [6, 6.07) is 3.33.